The summed E-state index contributed by atoms with van der Waals surface area (Å²) in [5, 5.41) is 51.6. The van der Waals surface area contributed by atoms with Crippen LogP contribution in [0.1, 0.15) is 74.1 Å². The third kappa shape index (κ3) is 6.80. The molecule has 1 atom stereocenters. The molecular formula is C37H44N11O4W-. The third-order valence-electron chi connectivity index (χ3n) is 10.3. The largest absolute Gasteiger partial charge is 0.668 e. The first-order valence-corrected chi connectivity index (χ1v) is 17.9. The summed E-state index contributed by atoms with van der Waals surface area (Å²) in [6, 6.07) is 14.4. The summed E-state index contributed by atoms with van der Waals surface area (Å²) < 4.78 is 3.86. The van der Waals surface area contributed by atoms with E-state index in [9.17, 15) is 20.1 Å². The number of likely N-dealkylation sites (tertiary alicyclic amines) is 1. The average Bonchev–Trinajstić information content (AvgIpc) is 4.04. The maximum Gasteiger partial charge on any atom is 0.271 e. The molecule has 0 spiro atoms. The number of aliphatic hydroxyl groups is 2. The van der Waals surface area contributed by atoms with E-state index in [4.69, 9.17) is 15.2 Å². The van der Waals surface area contributed by atoms with Gasteiger partial charge in [-0.1, -0.05) is 25.1 Å². The van der Waals surface area contributed by atoms with Crippen molar-refractivity contribution in [2.45, 2.75) is 62.9 Å². The number of carbonyl (C=O) groups is 1. The topological polar surface area (TPSA) is 183 Å². The molecule has 53 heavy (non-hydrogen) atoms. The van der Waals surface area contributed by atoms with Gasteiger partial charge in [-0.05, 0) is 44.2 Å². The second kappa shape index (κ2) is 14.4. The molecule has 4 aromatic heterocycles. The van der Waals surface area contributed by atoms with Crippen molar-refractivity contribution >= 4 is 34.6 Å². The molecule has 15 nitrogen and oxygen atoms in total. The number of nitrogens with one attached hydrogen (secondary N) is 2. The molecule has 2 aliphatic heterocycles. The van der Waals surface area contributed by atoms with Gasteiger partial charge < -0.3 is 36.2 Å². The summed E-state index contributed by atoms with van der Waals surface area (Å²) in [6.07, 6.45) is 6.80. The van der Waals surface area contributed by atoms with E-state index in [0.717, 1.165) is 66.0 Å². The number of benzene rings is 1. The van der Waals surface area contributed by atoms with Crippen molar-refractivity contribution < 1.29 is 41.2 Å². The van der Waals surface area contributed by atoms with Gasteiger partial charge in [0.05, 0.1) is 41.0 Å². The molecule has 1 aromatic carbocycles. The Balaban J connectivity index is 0.00000105. The van der Waals surface area contributed by atoms with Crippen molar-refractivity contribution in [2.75, 3.05) is 49.8 Å². The Hall–Kier alpha value is -4.40. The Labute approximate surface area is 321 Å². The Morgan fingerprint density at radius 2 is 1.75 bits per heavy atom. The van der Waals surface area contributed by atoms with Gasteiger partial charge in [0.1, 0.15) is 17.3 Å². The molecular weight excluding hydrogens is 846 g/mol. The number of nitrogens with zero attached hydrogens (tertiary/aromatic N) is 9. The first kappa shape index (κ1) is 36.9. The number of aromatic nitrogens is 6. The van der Waals surface area contributed by atoms with Crippen molar-refractivity contribution in [2.24, 2.45) is 5.92 Å². The van der Waals surface area contributed by atoms with Crippen LogP contribution in [-0.2, 0) is 31.8 Å². The van der Waals surface area contributed by atoms with Crippen molar-refractivity contribution in [3.63, 3.8) is 0 Å². The van der Waals surface area contributed by atoms with Gasteiger partial charge in [-0.15, -0.1) is 0 Å². The number of para-hydroxylation sites is 1. The number of hydrogen-bond acceptors (Lipinski definition) is 11. The van der Waals surface area contributed by atoms with Gasteiger partial charge in [0.15, 0.2) is 5.65 Å². The van der Waals surface area contributed by atoms with Crippen molar-refractivity contribution in [3.8, 4) is 17.0 Å². The quantitative estimate of drug-likeness (QED) is 0.128. The van der Waals surface area contributed by atoms with Crippen molar-refractivity contribution in [1.82, 2.24) is 34.3 Å². The van der Waals surface area contributed by atoms with Gasteiger partial charge in [0.2, 0.25) is 11.8 Å². The van der Waals surface area contributed by atoms with Gasteiger partial charge in [0, 0.05) is 82.4 Å². The first-order valence-electron chi connectivity index (χ1n) is 17.9. The van der Waals surface area contributed by atoms with E-state index in [1.54, 1.807) is 14.1 Å². The standard InChI is InChI=1S/C35H38N10O4.C2H6N.W/c1-3-26-33-23(16-36-44(33)21-17-43(18-21)35(48,49)27-8-5-9-31(46)38-27)22-6-4-7-24(32(22)42(26)2)37-30-15-28(40-34(47)20-12-13-20)39-29-14-25(19-10-11-19)41-45(29)30;1-3-2;/h4-9,14-16,19-21,26,37,48-49H,3,10-13,17-18H2,1-2H3,(H,38,46)(H,39,40,47);1-2H3;/q;-1;. The molecule has 16 heteroatoms. The molecule has 0 radical (unpaired) electrons. The predicted molar refractivity (Wildman–Crippen MR) is 197 cm³/mol. The van der Waals surface area contributed by atoms with Crippen LogP contribution in [0.3, 0.4) is 0 Å². The zero-order valence-electron chi connectivity index (χ0n) is 30.1. The minimum Gasteiger partial charge on any atom is -0.668 e. The molecule has 5 aromatic rings. The van der Waals surface area contributed by atoms with Crippen LogP contribution in [0.15, 0.2) is 54.7 Å². The minimum atomic E-state index is -2.32. The van der Waals surface area contributed by atoms with E-state index in [1.807, 2.05) is 33.6 Å². The van der Waals surface area contributed by atoms with Crippen LogP contribution in [0, 0.1) is 5.92 Å². The molecule has 3 fully saturated rings. The summed E-state index contributed by atoms with van der Waals surface area (Å²) in [5.74, 6) is -0.850. The van der Waals surface area contributed by atoms with Gasteiger partial charge in [0.25, 0.3) is 5.91 Å². The van der Waals surface area contributed by atoms with Gasteiger partial charge in [-0.2, -0.15) is 28.8 Å². The van der Waals surface area contributed by atoms with Crippen LogP contribution in [0.2, 0.25) is 0 Å². The number of hydrogen-bond donors (Lipinski definition) is 5. The Morgan fingerprint density at radius 1 is 1.02 bits per heavy atom. The molecule has 9 rings (SSSR count). The van der Waals surface area contributed by atoms with Gasteiger partial charge >= 0.3 is 0 Å². The second-order valence-corrected chi connectivity index (χ2v) is 14.2. The summed E-state index contributed by atoms with van der Waals surface area (Å²) in [6.45, 7) is 2.84. The summed E-state index contributed by atoms with van der Waals surface area (Å²) >= 11 is 0. The minimum absolute atomic E-state index is 0. The fourth-order valence-corrected chi connectivity index (χ4v) is 7.32. The Morgan fingerprint density at radius 3 is 2.43 bits per heavy atom. The van der Waals surface area contributed by atoms with Gasteiger partial charge in [-0.3, -0.25) is 9.48 Å². The maximum absolute atomic E-state index is 12.7. The normalized spacial score (nSPS) is 18.3. The number of carbonyl (C=O) groups excluding carboxylic acids is 1. The van der Waals surface area contributed by atoms with Crippen LogP contribution in [-0.4, -0.2) is 89.7 Å². The number of amides is 1. The first-order chi connectivity index (χ1) is 25.1. The number of pyridine rings is 1. The monoisotopic (exact) mass is 890 g/mol. The van der Waals surface area contributed by atoms with E-state index in [-0.39, 0.29) is 56.5 Å². The SMILES string of the molecule is CCC1c2c(cnn2C2CN(C(O)(O)c3cccc(O)n3)C2)-c2cccc(Nc3cc(NC(=O)C4CC4)nc4cc(C5CC5)nn34)c2N1C.C[N-]C.[W]. The molecule has 4 aliphatic rings. The average molecular weight is 891 g/mol. The molecule has 6 heterocycles. The molecule has 5 N–H and O–H groups in total. The van der Waals surface area contributed by atoms with E-state index in [2.05, 4.69) is 51.9 Å². The van der Waals surface area contributed by atoms with Crippen molar-refractivity contribution in [1.29, 1.82) is 0 Å². The number of rotatable bonds is 9. The number of fused-ring (bicyclic) bond motifs is 4. The third-order valence-corrected chi connectivity index (χ3v) is 10.3. The Bertz CT molecular complexity index is 2140. The van der Waals surface area contributed by atoms with E-state index < -0.39 is 5.91 Å². The zero-order chi connectivity index (χ0) is 36.3. The zero-order valence-corrected chi connectivity index (χ0v) is 33.1. The second-order valence-electron chi connectivity index (χ2n) is 14.2. The molecule has 0 bridgehead atoms. The number of aromatic hydroxyl groups is 1. The summed E-state index contributed by atoms with van der Waals surface area (Å²) in [5.41, 5.74) is 6.74. The van der Waals surface area contributed by atoms with Crippen molar-refractivity contribution in [3.05, 3.63) is 77.1 Å². The van der Waals surface area contributed by atoms with Gasteiger partial charge in [-0.25, -0.2) is 14.9 Å². The molecule has 2 aliphatic carbocycles. The summed E-state index contributed by atoms with van der Waals surface area (Å²) in [7, 11) is 5.59. The van der Waals surface area contributed by atoms with E-state index in [0.29, 0.717) is 36.3 Å². The fraction of sp³-hybridized carbons (Fsp3) is 0.432. The molecule has 2 saturated carbocycles. The van der Waals surface area contributed by atoms with Crippen LogP contribution < -0.4 is 15.5 Å². The summed E-state index contributed by atoms with van der Waals surface area (Å²) in [4.78, 5) is 25.1. The molecule has 1 amide bonds. The fourth-order valence-electron chi connectivity index (χ4n) is 7.32. The maximum atomic E-state index is 12.7. The van der Waals surface area contributed by atoms with Crippen LogP contribution in [0.25, 0.3) is 22.1 Å². The van der Waals surface area contributed by atoms with E-state index in [1.165, 1.54) is 23.1 Å². The molecule has 1 unspecified atom stereocenters. The van der Waals surface area contributed by atoms with Crippen LogP contribution >= 0.6 is 0 Å². The van der Waals surface area contributed by atoms with Crippen LogP contribution in [0.5, 0.6) is 5.88 Å². The van der Waals surface area contributed by atoms with E-state index >= 15 is 0 Å². The smallest absolute Gasteiger partial charge is 0.271 e. The molecule has 1 saturated heterocycles. The predicted octanol–water partition coefficient (Wildman–Crippen LogP) is 4.83. The van der Waals surface area contributed by atoms with Crippen LogP contribution in [0.4, 0.5) is 23.0 Å². The Kier molecular flexibility index (Phi) is 10.1. The molecule has 278 valence electrons. The number of anilines is 4.